The topological polar surface area (TPSA) is 0 Å². The maximum Gasteiger partial charge on any atom is 0.00439 e. The van der Waals surface area contributed by atoms with E-state index in [2.05, 4.69) is 59.8 Å². The van der Waals surface area contributed by atoms with Crippen LogP contribution >= 0.6 is 0 Å². The van der Waals surface area contributed by atoms with Crippen molar-refractivity contribution in [2.75, 3.05) is 0 Å². The van der Waals surface area contributed by atoms with Crippen LogP contribution < -0.4 is 0 Å². The number of rotatable bonds is 2. The lowest BCUT2D eigenvalue weighted by atomic mass is 9.37. The zero-order valence-electron chi connectivity index (χ0n) is 21.8. The molecule has 0 aromatic carbocycles. The smallest absolute Gasteiger partial charge is 0.00439 e. The Morgan fingerprint density at radius 1 is 0.750 bits per heavy atom. The van der Waals surface area contributed by atoms with Crippen molar-refractivity contribution in [1.29, 1.82) is 0 Å². The van der Waals surface area contributed by atoms with Crippen LogP contribution in [0.1, 0.15) is 106 Å². The van der Waals surface area contributed by atoms with Gasteiger partial charge in [-0.15, -0.1) is 0 Å². The van der Waals surface area contributed by atoms with Crippen LogP contribution in [0.25, 0.3) is 0 Å². The van der Waals surface area contributed by atoms with Crippen LogP contribution in [0.3, 0.4) is 0 Å². The van der Waals surface area contributed by atoms with Crippen LogP contribution in [0.4, 0.5) is 0 Å². The van der Waals surface area contributed by atoms with Crippen LogP contribution in [-0.2, 0) is 0 Å². The van der Waals surface area contributed by atoms with Crippen LogP contribution in [0.15, 0.2) is 23.8 Å². The first-order valence-electron chi connectivity index (χ1n) is 14.5. The maximum atomic E-state index is 2.77. The molecule has 0 aromatic heterocycles. The van der Waals surface area contributed by atoms with Gasteiger partial charge < -0.3 is 0 Å². The summed E-state index contributed by atoms with van der Waals surface area (Å²) in [5.41, 5.74) is 4.41. The van der Waals surface area contributed by atoms with E-state index in [1.165, 1.54) is 44.9 Å². The zero-order valence-corrected chi connectivity index (χ0v) is 21.8. The second-order valence-electron chi connectivity index (χ2n) is 15.5. The fourth-order valence-electron chi connectivity index (χ4n) is 12.7. The molecule has 1 spiro atoms. The Hall–Kier alpha value is -0.520. The van der Waals surface area contributed by atoms with Crippen LogP contribution in [0.2, 0.25) is 0 Å². The Labute approximate surface area is 198 Å². The summed E-state index contributed by atoms with van der Waals surface area (Å²) >= 11 is 0. The fraction of sp³-hybridized carbons (Fsp3) is 0.875. The maximum absolute atomic E-state index is 2.77. The van der Waals surface area contributed by atoms with E-state index in [9.17, 15) is 0 Å². The normalized spacial score (nSPS) is 64.3. The molecule has 0 aliphatic heterocycles. The standard InChI is InChI=1S/C32H48/c1-20-10-23-12-21(2)30(6,25(11-20)13-23)32-9-7-8-27(28(32,4)19-32)29(5)22(3)15-31-16-24(17-31)14-26(29)18-31/h7-9,20-26H,10-19H2,1-6H3. The van der Waals surface area contributed by atoms with Crippen molar-refractivity contribution in [1.82, 2.24) is 0 Å². The average molecular weight is 433 g/mol. The summed E-state index contributed by atoms with van der Waals surface area (Å²) in [5, 5.41) is 0. The van der Waals surface area contributed by atoms with Gasteiger partial charge in [-0.05, 0) is 127 Å². The fourth-order valence-corrected chi connectivity index (χ4v) is 12.7. The molecule has 0 saturated heterocycles. The Balaban J connectivity index is 1.28. The number of hydrogen-bond acceptors (Lipinski definition) is 0. The molecule has 10 atom stereocenters. The molecule has 0 radical (unpaired) electrons. The molecule has 0 N–H and O–H groups in total. The minimum atomic E-state index is 0.410. The summed E-state index contributed by atoms with van der Waals surface area (Å²) in [6, 6.07) is 0. The van der Waals surface area contributed by atoms with Gasteiger partial charge in [0.2, 0.25) is 0 Å². The lowest BCUT2D eigenvalue weighted by Gasteiger charge is -2.67. The quantitative estimate of drug-likeness (QED) is 0.409. The van der Waals surface area contributed by atoms with Crippen molar-refractivity contribution in [2.45, 2.75) is 106 Å². The highest BCUT2D eigenvalue weighted by Crippen LogP contribution is 2.85. The summed E-state index contributed by atoms with van der Waals surface area (Å²) in [4.78, 5) is 0. The molecule has 0 heterocycles. The molecular formula is C32H48. The first-order chi connectivity index (χ1) is 15.1. The summed E-state index contributed by atoms with van der Waals surface area (Å²) in [6.45, 7) is 16.1. The van der Waals surface area contributed by atoms with E-state index in [-0.39, 0.29) is 0 Å². The molecule has 176 valence electrons. The molecule has 8 aliphatic rings. The molecule has 7 saturated carbocycles. The van der Waals surface area contributed by atoms with Crippen molar-refractivity contribution in [2.24, 2.45) is 68.5 Å². The van der Waals surface area contributed by atoms with Crippen LogP contribution in [-0.4, -0.2) is 0 Å². The highest BCUT2D eigenvalue weighted by atomic mass is 14.8. The molecule has 7 fully saturated rings. The molecule has 8 aliphatic carbocycles. The van der Waals surface area contributed by atoms with Crippen molar-refractivity contribution < 1.29 is 0 Å². The zero-order chi connectivity index (χ0) is 22.3. The van der Waals surface area contributed by atoms with E-state index in [1.54, 1.807) is 19.3 Å². The van der Waals surface area contributed by atoms with Gasteiger partial charge in [0.05, 0.1) is 0 Å². The second-order valence-corrected chi connectivity index (χ2v) is 15.5. The third kappa shape index (κ3) is 2.19. The summed E-state index contributed by atoms with van der Waals surface area (Å²) in [5.74, 6) is 6.62. The molecule has 8 rings (SSSR count). The van der Waals surface area contributed by atoms with E-state index >= 15 is 0 Å². The summed E-state index contributed by atoms with van der Waals surface area (Å²) in [6.07, 6.45) is 23.1. The first-order valence-corrected chi connectivity index (χ1v) is 14.5. The minimum Gasteiger partial charge on any atom is -0.0768 e. The van der Waals surface area contributed by atoms with Gasteiger partial charge in [0.15, 0.2) is 0 Å². The molecule has 0 amide bonds. The lowest BCUT2D eigenvalue weighted by Crippen LogP contribution is -2.58. The Bertz CT molecular complexity index is 893. The van der Waals surface area contributed by atoms with Gasteiger partial charge in [-0.2, -0.15) is 0 Å². The Morgan fingerprint density at radius 2 is 1.50 bits per heavy atom. The van der Waals surface area contributed by atoms with E-state index in [4.69, 9.17) is 0 Å². The number of hydrogen-bond donors (Lipinski definition) is 0. The monoisotopic (exact) mass is 432 g/mol. The predicted octanol–water partition coefficient (Wildman–Crippen LogP) is 8.83. The van der Waals surface area contributed by atoms with Crippen molar-refractivity contribution in [3.63, 3.8) is 0 Å². The molecule has 0 heteroatoms. The van der Waals surface area contributed by atoms with Crippen molar-refractivity contribution >= 4 is 0 Å². The van der Waals surface area contributed by atoms with E-state index in [1.807, 2.05) is 5.57 Å². The highest BCUT2D eigenvalue weighted by Gasteiger charge is 2.77. The number of fused-ring (bicyclic) bond motifs is 3. The Morgan fingerprint density at radius 3 is 2.28 bits per heavy atom. The molecule has 10 unspecified atom stereocenters. The Kier molecular flexibility index (Phi) is 3.90. The molecule has 32 heavy (non-hydrogen) atoms. The first kappa shape index (κ1) is 20.8. The van der Waals surface area contributed by atoms with E-state index < -0.39 is 0 Å². The SMILES string of the molecule is CC1CC2CC(C)C(C)(C34C=CC=C(C5(C)C(C)CC67CC(CC5C6)C7)C3(C)C4)C(C1)C2. The second kappa shape index (κ2) is 5.99. The average Bonchev–Trinajstić information content (AvgIpc) is 3.37. The van der Waals surface area contributed by atoms with Gasteiger partial charge in [-0.25, -0.2) is 0 Å². The summed E-state index contributed by atoms with van der Waals surface area (Å²) in [7, 11) is 0. The molecule has 5 bridgehead atoms. The van der Waals surface area contributed by atoms with Crippen molar-refractivity contribution in [3.8, 4) is 0 Å². The van der Waals surface area contributed by atoms with E-state index in [0.29, 0.717) is 21.7 Å². The molecule has 0 nitrogen and oxygen atoms in total. The molecule has 0 aromatic rings. The van der Waals surface area contributed by atoms with Crippen molar-refractivity contribution in [3.05, 3.63) is 23.8 Å². The van der Waals surface area contributed by atoms with Gasteiger partial charge in [-0.3, -0.25) is 0 Å². The number of allylic oxidation sites excluding steroid dienone is 4. The van der Waals surface area contributed by atoms with Gasteiger partial charge in [0, 0.05) is 5.41 Å². The predicted molar refractivity (Wildman–Crippen MR) is 134 cm³/mol. The van der Waals surface area contributed by atoms with Gasteiger partial charge in [0.1, 0.15) is 0 Å². The van der Waals surface area contributed by atoms with Crippen LogP contribution in [0.5, 0.6) is 0 Å². The van der Waals surface area contributed by atoms with Crippen LogP contribution in [0, 0.1) is 68.5 Å². The summed E-state index contributed by atoms with van der Waals surface area (Å²) < 4.78 is 0. The third-order valence-corrected chi connectivity index (χ3v) is 14.2. The van der Waals surface area contributed by atoms with Gasteiger partial charge in [0.25, 0.3) is 0 Å². The van der Waals surface area contributed by atoms with E-state index in [0.717, 1.165) is 46.8 Å². The largest absolute Gasteiger partial charge is 0.0768 e. The lowest BCUT2D eigenvalue weighted by molar-refractivity contribution is -0.145. The highest BCUT2D eigenvalue weighted by molar-refractivity contribution is 5.48. The molecular weight excluding hydrogens is 384 g/mol. The van der Waals surface area contributed by atoms with Gasteiger partial charge in [-0.1, -0.05) is 65.3 Å². The third-order valence-electron chi connectivity index (χ3n) is 14.2. The van der Waals surface area contributed by atoms with Gasteiger partial charge >= 0.3 is 0 Å². The minimum absolute atomic E-state index is 0.410.